The van der Waals surface area contributed by atoms with Crippen LogP contribution in [0.15, 0.2) is 0 Å². The van der Waals surface area contributed by atoms with Crippen molar-refractivity contribution in [1.29, 1.82) is 0 Å². The summed E-state index contributed by atoms with van der Waals surface area (Å²) in [7, 11) is 0. The molecule has 11 heteroatoms. The summed E-state index contributed by atoms with van der Waals surface area (Å²) in [6.07, 6.45) is -2.06. The van der Waals surface area contributed by atoms with E-state index in [0.717, 1.165) is 32.1 Å². The quantitative estimate of drug-likeness (QED) is 0.104. The number of hydrogen-bond donors (Lipinski definition) is 7. The highest BCUT2D eigenvalue weighted by atomic mass is 16.7. The van der Waals surface area contributed by atoms with E-state index in [9.17, 15) is 35.7 Å². The third kappa shape index (κ3) is 9.11. The van der Waals surface area contributed by atoms with Crippen molar-refractivity contribution in [2.45, 2.75) is 126 Å². The monoisotopic (exact) mass is 509 g/mol. The first-order valence-electron chi connectivity index (χ1n) is 12.9. The smallest absolute Gasteiger partial charge is 0.187 e. The first-order chi connectivity index (χ1) is 16.8. The third-order valence-electron chi connectivity index (χ3n) is 6.56. The summed E-state index contributed by atoms with van der Waals surface area (Å²) in [4.78, 5) is 0. The predicted molar refractivity (Wildman–Crippen MR) is 124 cm³/mol. The van der Waals surface area contributed by atoms with Gasteiger partial charge in [-0.25, -0.2) is 0 Å². The molecule has 0 radical (unpaired) electrons. The van der Waals surface area contributed by atoms with Crippen molar-refractivity contribution in [2.24, 2.45) is 0 Å². The molecule has 2 aliphatic heterocycles. The molecule has 2 heterocycles. The molecule has 10 atom stereocenters. The number of rotatable bonds is 16. The summed E-state index contributed by atoms with van der Waals surface area (Å²) >= 11 is 0. The van der Waals surface area contributed by atoms with E-state index in [4.69, 9.17) is 18.9 Å². The van der Waals surface area contributed by atoms with E-state index < -0.39 is 74.6 Å². The SMILES string of the molecule is CCCC[CH-]CCCCCCCO[C@H]1O[C@H](CO)[C@@H](O[C@H]2O[C@H](CO)[C@@H](O)[C@H](O)[C@H]2O)[C@H](O)[C@H]1O. The zero-order chi connectivity index (χ0) is 25.8. The number of unbranched alkanes of at least 4 members (excludes halogenated alkanes) is 9. The lowest BCUT2D eigenvalue weighted by atomic mass is 9.97. The van der Waals surface area contributed by atoms with Crippen LogP contribution in [0.4, 0.5) is 0 Å². The normalized spacial score (nSPS) is 38.1. The Kier molecular flexibility index (Phi) is 14.4. The summed E-state index contributed by atoms with van der Waals surface area (Å²) < 4.78 is 22.0. The molecule has 0 unspecified atom stereocenters. The van der Waals surface area contributed by atoms with Crippen molar-refractivity contribution in [1.82, 2.24) is 0 Å². The fourth-order valence-electron chi connectivity index (χ4n) is 4.31. The van der Waals surface area contributed by atoms with E-state index in [1.165, 1.54) is 25.7 Å². The van der Waals surface area contributed by atoms with Crippen molar-refractivity contribution >= 4 is 0 Å². The first-order valence-corrected chi connectivity index (χ1v) is 12.9. The average molecular weight is 510 g/mol. The summed E-state index contributed by atoms with van der Waals surface area (Å²) in [6.45, 7) is 1.27. The molecule has 0 saturated carbocycles. The van der Waals surface area contributed by atoms with Crippen molar-refractivity contribution in [3.8, 4) is 0 Å². The summed E-state index contributed by atoms with van der Waals surface area (Å²) in [6, 6.07) is 0. The maximum absolute atomic E-state index is 10.6. The highest BCUT2D eigenvalue weighted by molar-refractivity contribution is 4.94. The summed E-state index contributed by atoms with van der Waals surface area (Å²) in [5.41, 5.74) is 0. The van der Waals surface area contributed by atoms with Crippen molar-refractivity contribution in [2.75, 3.05) is 19.8 Å². The summed E-state index contributed by atoms with van der Waals surface area (Å²) in [5, 5.41) is 70.1. The molecule has 0 amide bonds. The molecular formula is C24H45O11-. The van der Waals surface area contributed by atoms with Gasteiger partial charge in [0, 0.05) is 6.61 Å². The highest BCUT2D eigenvalue weighted by Crippen LogP contribution is 2.29. The van der Waals surface area contributed by atoms with Crippen LogP contribution in [0, 0.1) is 6.42 Å². The molecule has 0 aromatic rings. The Bertz CT molecular complexity index is 550. The van der Waals surface area contributed by atoms with E-state index in [2.05, 4.69) is 13.3 Å². The Morgan fingerprint density at radius 1 is 0.657 bits per heavy atom. The predicted octanol–water partition coefficient (Wildman–Crippen LogP) is -0.638. The molecule has 0 spiro atoms. The number of aliphatic hydroxyl groups excluding tert-OH is 7. The maximum Gasteiger partial charge on any atom is 0.187 e. The van der Waals surface area contributed by atoms with Gasteiger partial charge in [0.25, 0.3) is 0 Å². The van der Waals surface area contributed by atoms with Crippen LogP contribution < -0.4 is 0 Å². The van der Waals surface area contributed by atoms with Crippen LogP contribution in [0.3, 0.4) is 0 Å². The van der Waals surface area contributed by atoms with Gasteiger partial charge in [0.2, 0.25) is 0 Å². The Labute approximate surface area is 207 Å². The van der Waals surface area contributed by atoms with Crippen LogP contribution in [-0.2, 0) is 18.9 Å². The Morgan fingerprint density at radius 3 is 1.94 bits per heavy atom. The molecule has 2 rings (SSSR count). The highest BCUT2D eigenvalue weighted by Gasteiger charge is 2.50. The number of aliphatic hydroxyl groups is 7. The molecule has 2 aliphatic rings. The molecule has 0 bridgehead atoms. The molecule has 11 nitrogen and oxygen atoms in total. The van der Waals surface area contributed by atoms with Crippen LogP contribution in [0.25, 0.3) is 0 Å². The van der Waals surface area contributed by atoms with Gasteiger partial charge in [-0.3, -0.25) is 0 Å². The minimum Gasteiger partial charge on any atom is -0.394 e. The topological polar surface area (TPSA) is 179 Å². The molecule has 2 saturated heterocycles. The van der Waals surface area contributed by atoms with Crippen LogP contribution in [0.5, 0.6) is 0 Å². The van der Waals surface area contributed by atoms with E-state index in [1.54, 1.807) is 0 Å². The van der Waals surface area contributed by atoms with Gasteiger partial charge in [-0.1, -0.05) is 45.4 Å². The van der Waals surface area contributed by atoms with Crippen LogP contribution in [0.1, 0.15) is 64.7 Å². The van der Waals surface area contributed by atoms with Gasteiger partial charge in [-0.15, -0.1) is 0 Å². The Hall–Kier alpha value is -0.440. The van der Waals surface area contributed by atoms with Gasteiger partial charge >= 0.3 is 0 Å². The zero-order valence-electron chi connectivity index (χ0n) is 20.6. The molecule has 0 aromatic carbocycles. The molecule has 2 fully saturated rings. The average Bonchev–Trinajstić information content (AvgIpc) is 2.86. The molecule has 7 N–H and O–H groups in total. The number of ether oxygens (including phenoxy) is 4. The van der Waals surface area contributed by atoms with Crippen LogP contribution in [-0.4, -0.2) is 117 Å². The zero-order valence-corrected chi connectivity index (χ0v) is 20.6. The minimum absolute atomic E-state index is 0.313. The number of hydrogen-bond acceptors (Lipinski definition) is 11. The molecule has 0 aromatic heterocycles. The lowest BCUT2D eigenvalue weighted by Crippen LogP contribution is -2.64. The second-order valence-corrected chi connectivity index (χ2v) is 9.36. The largest absolute Gasteiger partial charge is 0.394 e. The van der Waals surface area contributed by atoms with E-state index in [-0.39, 0.29) is 0 Å². The minimum atomic E-state index is -1.69. The second kappa shape index (κ2) is 16.4. The van der Waals surface area contributed by atoms with Gasteiger partial charge in [-0.05, 0) is 6.42 Å². The van der Waals surface area contributed by atoms with Gasteiger partial charge in [-0.2, -0.15) is 12.8 Å². The van der Waals surface area contributed by atoms with E-state index >= 15 is 0 Å². The van der Waals surface area contributed by atoms with Crippen LogP contribution >= 0.6 is 0 Å². The third-order valence-corrected chi connectivity index (χ3v) is 6.56. The van der Waals surface area contributed by atoms with Gasteiger partial charge in [0.1, 0.15) is 48.8 Å². The van der Waals surface area contributed by atoms with Crippen molar-refractivity contribution < 1.29 is 54.7 Å². The lowest BCUT2D eigenvalue weighted by Gasteiger charge is -2.45. The maximum atomic E-state index is 10.6. The van der Waals surface area contributed by atoms with Crippen molar-refractivity contribution in [3.05, 3.63) is 6.42 Å². The van der Waals surface area contributed by atoms with Gasteiger partial charge in [0.15, 0.2) is 12.6 Å². The first kappa shape index (κ1) is 30.8. The molecule has 35 heavy (non-hydrogen) atoms. The Morgan fingerprint density at radius 2 is 1.26 bits per heavy atom. The van der Waals surface area contributed by atoms with Gasteiger partial charge in [0.05, 0.1) is 13.2 Å². The van der Waals surface area contributed by atoms with Crippen molar-refractivity contribution in [3.63, 3.8) is 0 Å². The van der Waals surface area contributed by atoms with E-state index in [0.29, 0.717) is 6.61 Å². The second-order valence-electron chi connectivity index (χ2n) is 9.36. The van der Waals surface area contributed by atoms with Gasteiger partial charge < -0.3 is 61.1 Å². The fraction of sp³-hybridized carbons (Fsp3) is 0.958. The lowest BCUT2D eigenvalue weighted by molar-refractivity contribution is -0.359. The van der Waals surface area contributed by atoms with Crippen LogP contribution in [0.2, 0.25) is 0 Å². The molecule has 0 aliphatic carbocycles. The Balaban J connectivity index is 1.74. The summed E-state index contributed by atoms with van der Waals surface area (Å²) in [5.74, 6) is 0. The molecule has 208 valence electrons. The standard InChI is InChI=1S/C24H45O11/c1-2-3-4-5-6-7-8-9-10-11-12-32-23-21(31)19(29)22(16(14-26)34-23)35-24-20(30)18(28)17(27)15(13-25)33-24/h5,15-31H,2-4,6-14H2,1H3/q-1/t15-,16-,17-,18+,19-,20-,21-,22-,23+,24-/m1/s1. The van der Waals surface area contributed by atoms with E-state index in [1.807, 2.05) is 0 Å². The fourth-order valence-corrected chi connectivity index (χ4v) is 4.31. The molecular weight excluding hydrogens is 464 g/mol.